The lowest BCUT2D eigenvalue weighted by Gasteiger charge is -2.08. The van der Waals surface area contributed by atoms with E-state index in [1.54, 1.807) is 0 Å². The highest BCUT2D eigenvalue weighted by molar-refractivity contribution is 9.10. The number of hydrogen-bond acceptors (Lipinski definition) is 2. The van der Waals surface area contributed by atoms with Crippen LogP contribution >= 0.6 is 15.9 Å². The van der Waals surface area contributed by atoms with Gasteiger partial charge >= 0.3 is 12.0 Å². The number of carboxylic acids is 1. The third-order valence-corrected chi connectivity index (χ3v) is 2.58. The maximum Gasteiger partial charge on any atom is 0.323 e. The predicted molar refractivity (Wildman–Crippen MR) is 61.9 cm³/mol. The van der Waals surface area contributed by atoms with Gasteiger partial charge in [-0.05, 0) is 28.1 Å². The van der Waals surface area contributed by atoms with Gasteiger partial charge in [0.1, 0.15) is 18.2 Å². The van der Waals surface area contributed by atoms with E-state index < -0.39 is 30.2 Å². The number of carboxylic acid groups (broad SMARTS) is 1. The molecule has 0 unspecified atom stereocenters. The molecule has 1 aromatic rings. The first-order valence-electron chi connectivity index (χ1n) is 4.77. The van der Waals surface area contributed by atoms with Crippen molar-refractivity contribution in [3.63, 3.8) is 0 Å². The van der Waals surface area contributed by atoms with Gasteiger partial charge in [-0.1, -0.05) is 0 Å². The fraction of sp³-hybridized carbons (Fsp3) is 0.200. The Hall–Kier alpha value is -1.70. The molecule has 0 saturated carbocycles. The Morgan fingerprint density at radius 1 is 1.28 bits per heavy atom. The molecular formula is C10H9BrF2N2O3. The molecule has 3 N–H and O–H groups in total. The van der Waals surface area contributed by atoms with Crippen LogP contribution < -0.4 is 10.6 Å². The van der Waals surface area contributed by atoms with E-state index >= 15 is 0 Å². The van der Waals surface area contributed by atoms with Crippen LogP contribution in [-0.2, 0) is 11.3 Å². The molecule has 5 nitrogen and oxygen atoms in total. The average Bonchev–Trinajstić information content (AvgIpc) is 2.31. The zero-order valence-corrected chi connectivity index (χ0v) is 10.6. The van der Waals surface area contributed by atoms with Crippen LogP contribution in [0.2, 0.25) is 0 Å². The van der Waals surface area contributed by atoms with Crippen LogP contribution in [0.1, 0.15) is 5.56 Å². The molecule has 0 radical (unpaired) electrons. The molecule has 0 saturated heterocycles. The summed E-state index contributed by atoms with van der Waals surface area (Å²) in [5, 5.41) is 12.5. The molecule has 0 aliphatic heterocycles. The Kier molecular flexibility index (Phi) is 5.02. The number of urea groups is 1. The lowest BCUT2D eigenvalue weighted by molar-refractivity contribution is -0.135. The van der Waals surface area contributed by atoms with Crippen molar-refractivity contribution in [2.75, 3.05) is 6.54 Å². The van der Waals surface area contributed by atoms with E-state index in [1.807, 2.05) is 5.32 Å². The minimum Gasteiger partial charge on any atom is -0.480 e. The minimum atomic E-state index is -1.22. The predicted octanol–water partition coefficient (Wildman–Crippen LogP) is 1.61. The standard InChI is InChI=1S/C10H9BrF2N2O3/c11-6-1-2-7(12)5(9(6)13)3-14-10(18)15-4-8(16)17/h1-2H,3-4H2,(H,16,17)(H2,14,15,18). The van der Waals surface area contributed by atoms with Crippen LogP contribution in [0.15, 0.2) is 16.6 Å². The minimum absolute atomic E-state index is 0.0756. The summed E-state index contributed by atoms with van der Waals surface area (Å²) in [6.45, 7) is -0.960. The van der Waals surface area contributed by atoms with Crippen LogP contribution in [0, 0.1) is 11.6 Å². The zero-order chi connectivity index (χ0) is 13.7. The van der Waals surface area contributed by atoms with Crippen LogP contribution in [0.25, 0.3) is 0 Å². The van der Waals surface area contributed by atoms with Crippen LogP contribution in [0.3, 0.4) is 0 Å². The Morgan fingerprint density at radius 3 is 2.56 bits per heavy atom. The topological polar surface area (TPSA) is 78.4 Å². The summed E-state index contributed by atoms with van der Waals surface area (Å²) < 4.78 is 26.8. The van der Waals surface area contributed by atoms with Crippen molar-refractivity contribution in [2.24, 2.45) is 0 Å². The summed E-state index contributed by atoms with van der Waals surface area (Å²) in [5.41, 5.74) is -0.310. The Balaban J connectivity index is 2.61. The number of rotatable bonds is 4. The molecule has 1 aromatic carbocycles. The molecule has 2 amide bonds. The summed E-state index contributed by atoms with van der Waals surface area (Å²) >= 11 is 2.89. The van der Waals surface area contributed by atoms with Gasteiger partial charge in [-0.2, -0.15) is 0 Å². The molecule has 0 heterocycles. The number of nitrogens with one attached hydrogen (secondary N) is 2. The molecule has 8 heteroatoms. The first-order chi connectivity index (χ1) is 8.41. The Morgan fingerprint density at radius 2 is 1.94 bits per heavy atom. The summed E-state index contributed by atoms with van der Waals surface area (Å²) in [5.74, 6) is -2.83. The van der Waals surface area contributed by atoms with Crippen LogP contribution in [-0.4, -0.2) is 23.7 Å². The summed E-state index contributed by atoms with van der Waals surface area (Å²) in [6, 6.07) is 1.44. The molecule has 0 fully saturated rings. The lowest BCUT2D eigenvalue weighted by atomic mass is 10.2. The quantitative estimate of drug-likeness (QED) is 0.737. The zero-order valence-electron chi connectivity index (χ0n) is 8.97. The van der Waals surface area contributed by atoms with E-state index in [4.69, 9.17) is 5.11 Å². The van der Waals surface area contributed by atoms with Gasteiger partial charge in [-0.25, -0.2) is 13.6 Å². The molecule has 18 heavy (non-hydrogen) atoms. The molecule has 98 valence electrons. The summed E-state index contributed by atoms with van der Waals surface area (Å²) in [6.07, 6.45) is 0. The van der Waals surface area contributed by atoms with E-state index in [9.17, 15) is 18.4 Å². The van der Waals surface area contributed by atoms with Crippen molar-refractivity contribution >= 4 is 27.9 Å². The average molecular weight is 323 g/mol. The highest BCUT2D eigenvalue weighted by Gasteiger charge is 2.13. The van der Waals surface area contributed by atoms with Gasteiger partial charge < -0.3 is 15.7 Å². The van der Waals surface area contributed by atoms with Gasteiger partial charge in [0.2, 0.25) is 0 Å². The SMILES string of the molecule is O=C(O)CNC(=O)NCc1c(F)ccc(Br)c1F. The largest absolute Gasteiger partial charge is 0.480 e. The number of carbonyl (C=O) groups excluding carboxylic acids is 1. The summed E-state index contributed by atoms with van der Waals surface area (Å²) in [7, 11) is 0. The van der Waals surface area contributed by atoms with Crippen molar-refractivity contribution in [1.82, 2.24) is 10.6 Å². The molecule has 0 bridgehead atoms. The fourth-order valence-corrected chi connectivity index (χ4v) is 1.49. The van der Waals surface area contributed by atoms with Crippen molar-refractivity contribution in [1.29, 1.82) is 0 Å². The monoisotopic (exact) mass is 322 g/mol. The Labute approximate surface area is 109 Å². The first-order valence-corrected chi connectivity index (χ1v) is 5.57. The second kappa shape index (κ2) is 6.29. The number of halogens is 3. The van der Waals surface area contributed by atoms with Gasteiger partial charge in [-0.3, -0.25) is 4.79 Å². The third kappa shape index (κ3) is 3.95. The highest BCUT2D eigenvalue weighted by Crippen LogP contribution is 2.21. The highest BCUT2D eigenvalue weighted by atomic mass is 79.9. The molecule has 1 rings (SSSR count). The number of hydrogen-bond donors (Lipinski definition) is 3. The fourth-order valence-electron chi connectivity index (χ4n) is 1.12. The maximum atomic E-state index is 13.5. The van der Waals surface area contributed by atoms with Crippen molar-refractivity contribution in [2.45, 2.75) is 6.54 Å². The van der Waals surface area contributed by atoms with Gasteiger partial charge in [0.25, 0.3) is 0 Å². The second-order valence-corrected chi connectivity index (χ2v) is 4.11. The smallest absolute Gasteiger partial charge is 0.323 e. The number of carbonyl (C=O) groups is 2. The molecule has 0 aliphatic rings. The lowest BCUT2D eigenvalue weighted by Crippen LogP contribution is -2.38. The first kappa shape index (κ1) is 14.4. The van der Waals surface area contributed by atoms with E-state index in [0.717, 1.165) is 6.07 Å². The van der Waals surface area contributed by atoms with Gasteiger partial charge in [0.15, 0.2) is 0 Å². The van der Waals surface area contributed by atoms with E-state index in [1.165, 1.54) is 6.07 Å². The van der Waals surface area contributed by atoms with Gasteiger partial charge in [-0.15, -0.1) is 0 Å². The normalized spacial score (nSPS) is 9.94. The number of benzene rings is 1. The molecular weight excluding hydrogens is 314 g/mol. The third-order valence-electron chi connectivity index (χ3n) is 1.96. The molecule has 0 aromatic heterocycles. The summed E-state index contributed by atoms with van der Waals surface area (Å²) in [4.78, 5) is 21.2. The van der Waals surface area contributed by atoms with Crippen molar-refractivity contribution < 1.29 is 23.5 Å². The van der Waals surface area contributed by atoms with E-state index in [2.05, 4.69) is 21.2 Å². The van der Waals surface area contributed by atoms with Crippen molar-refractivity contribution in [3.8, 4) is 0 Å². The second-order valence-electron chi connectivity index (χ2n) is 3.25. The molecule has 0 aliphatic carbocycles. The number of aliphatic carboxylic acids is 1. The van der Waals surface area contributed by atoms with Gasteiger partial charge in [0.05, 0.1) is 11.0 Å². The van der Waals surface area contributed by atoms with E-state index in [0.29, 0.717) is 0 Å². The Bertz CT molecular complexity index is 482. The van der Waals surface area contributed by atoms with Crippen LogP contribution in [0.5, 0.6) is 0 Å². The molecule has 0 spiro atoms. The van der Waals surface area contributed by atoms with Gasteiger partial charge in [0, 0.05) is 5.56 Å². The number of amides is 2. The van der Waals surface area contributed by atoms with Crippen molar-refractivity contribution in [3.05, 3.63) is 33.8 Å². The maximum absolute atomic E-state index is 13.5. The molecule has 0 atom stereocenters. The van der Waals surface area contributed by atoms with E-state index in [-0.39, 0.29) is 16.6 Å². The van der Waals surface area contributed by atoms with Crippen LogP contribution in [0.4, 0.5) is 13.6 Å².